The largest absolute Gasteiger partial charge is 0.471 e. The Kier molecular flexibility index (Phi) is 9.17. The van der Waals surface area contributed by atoms with Crippen LogP contribution in [0.25, 0.3) is 55.5 Å². The molecular formula is C39H30Cl2N6O2. The molecule has 2 N–H and O–H groups in total. The number of imidazole rings is 1. The van der Waals surface area contributed by atoms with Crippen molar-refractivity contribution in [2.24, 2.45) is 0 Å². The molecule has 0 unspecified atom stereocenters. The van der Waals surface area contributed by atoms with Crippen molar-refractivity contribution in [2.75, 3.05) is 0 Å². The Morgan fingerprint density at radius 1 is 0.673 bits per heavy atom. The van der Waals surface area contributed by atoms with Crippen LogP contribution < -0.4 is 4.74 Å². The van der Waals surface area contributed by atoms with E-state index in [0.29, 0.717) is 27.1 Å². The number of aromatic nitrogens is 6. The van der Waals surface area contributed by atoms with Gasteiger partial charge in [-0.15, -0.1) is 0 Å². The van der Waals surface area contributed by atoms with Crippen molar-refractivity contribution in [3.05, 3.63) is 142 Å². The molecule has 0 fully saturated rings. The Hall–Kier alpha value is -5.41. The molecule has 0 amide bonds. The van der Waals surface area contributed by atoms with Gasteiger partial charge in [0, 0.05) is 43.1 Å². The Balaban J connectivity index is 0.000000166. The molecule has 0 aliphatic carbocycles. The van der Waals surface area contributed by atoms with Crippen LogP contribution in [-0.2, 0) is 13.2 Å². The maximum atomic E-state index is 9.62. The first-order valence-electron chi connectivity index (χ1n) is 15.6. The predicted octanol–water partition coefficient (Wildman–Crippen LogP) is 9.46. The number of hydrogen-bond donors (Lipinski definition) is 2. The van der Waals surface area contributed by atoms with Crippen LogP contribution in [0.15, 0.2) is 110 Å². The molecule has 8 rings (SSSR count). The lowest BCUT2D eigenvalue weighted by Gasteiger charge is -2.14. The minimum absolute atomic E-state index is 0.0581. The predicted molar refractivity (Wildman–Crippen MR) is 196 cm³/mol. The van der Waals surface area contributed by atoms with Gasteiger partial charge >= 0.3 is 0 Å². The van der Waals surface area contributed by atoms with Gasteiger partial charge in [-0.05, 0) is 49.2 Å². The first kappa shape index (κ1) is 32.2. The van der Waals surface area contributed by atoms with Gasteiger partial charge in [0.15, 0.2) is 5.65 Å². The zero-order chi connectivity index (χ0) is 33.9. The van der Waals surface area contributed by atoms with Crippen molar-refractivity contribution < 1.29 is 9.84 Å². The molecule has 0 saturated carbocycles. The SMILES string of the molecule is Cc1cccc2cc(CO)c(-c3ccccc3Cl)nc12.Cc1cccc2cc(COc3ncnc4nc[nH]c34)c(-c3ccccc3Cl)nc12. The second-order valence-electron chi connectivity index (χ2n) is 11.5. The highest BCUT2D eigenvalue weighted by Gasteiger charge is 2.16. The molecule has 242 valence electrons. The van der Waals surface area contributed by atoms with Gasteiger partial charge in [0.1, 0.15) is 18.5 Å². The van der Waals surface area contributed by atoms with E-state index in [9.17, 15) is 5.11 Å². The van der Waals surface area contributed by atoms with Crippen LogP contribution in [-0.4, -0.2) is 35.0 Å². The van der Waals surface area contributed by atoms with E-state index in [1.807, 2.05) is 91.9 Å². The van der Waals surface area contributed by atoms with Crippen LogP contribution in [0.1, 0.15) is 22.3 Å². The number of pyridine rings is 2. The van der Waals surface area contributed by atoms with Crippen LogP contribution in [0.5, 0.6) is 5.88 Å². The van der Waals surface area contributed by atoms with E-state index in [2.05, 4.69) is 39.0 Å². The van der Waals surface area contributed by atoms with E-state index in [4.69, 9.17) is 37.9 Å². The Bertz CT molecular complexity index is 2460. The molecule has 4 aromatic carbocycles. The minimum atomic E-state index is -0.0581. The summed E-state index contributed by atoms with van der Waals surface area (Å²) in [5.74, 6) is 0.446. The van der Waals surface area contributed by atoms with Crippen molar-refractivity contribution in [1.82, 2.24) is 29.9 Å². The molecule has 0 atom stereocenters. The van der Waals surface area contributed by atoms with Gasteiger partial charge in [0.25, 0.3) is 0 Å². The number of aliphatic hydroxyl groups is 1. The highest BCUT2D eigenvalue weighted by Crippen LogP contribution is 2.34. The molecule has 0 aliphatic rings. The number of nitrogens with one attached hydrogen (secondary N) is 1. The van der Waals surface area contributed by atoms with Gasteiger partial charge in [-0.25, -0.2) is 19.9 Å². The van der Waals surface area contributed by atoms with E-state index >= 15 is 0 Å². The summed E-state index contributed by atoms with van der Waals surface area (Å²) in [5, 5.41) is 13.0. The van der Waals surface area contributed by atoms with Gasteiger partial charge in [-0.2, -0.15) is 4.98 Å². The van der Waals surface area contributed by atoms with E-state index in [1.165, 1.54) is 6.33 Å². The number of H-pyrrole nitrogens is 1. The number of fused-ring (bicyclic) bond motifs is 3. The summed E-state index contributed by atoms with van der Waals surface area (Å²) in [5.41, 5.74) is 10.3. The molecule has 4 heterocycles. The molecule has 10 heteroatoms. The van der Waals surface area contributed by atoms with Gasteiger partial charge in [-0.1, -0.05) is 96.0 Å². The van der Waals surface area contributed by atoms with Gasteiger partial charge in [0.05, 0.1) is 35.4 Å². The van der Waals surface area contributed by atoms with Crippen molar-refractivity contribution in [2.45, 2.75) is 27.1 Å². The molecule has 8 nitrogen and oxygen atoms in total. The summed E-state index contributed by atoms with van der Waals surface area (Å²) >= 11 is 12.7. The smallest absolute Gasteiger partial charge is 0.243 e. The highest BCUT2D eigenvalue weighted by atomic mass is 35.5. The van der Waals surface area contributed by atoms with Crippen LogP contribution in [0.4, 0.5) is 0 Å². The third kappa shape index (κ3) is 6.54. The van der Waals surface area contributed by atoms with Gasteiger partial charge in [0.2, 0.25) is 5.88 Å². The fourth-order valence-electron chi connectivity index (χ4n) is 5.78. The number of hydrogen-bond acceptors (Lipinski definition) is 7. The first-order chi connectivity index (χ1) is 23.9. The monoisotopic (exact) mass is 684 g/mol. The normalized spacial score (nSPS) is 11.1. The summed E-state index contributed by atoms with van der Waals surface area (Å²) in [6, 6.07) is 31.5. The highest BCUT2D eigenvalue weighted by molar-refractivity contribution is 6.33. The molecular weight excluding hydrogens is 655 g/mol. The van der Waals surface area contributed by atoms with Crippen LogP contribution in [0, 0.1) is 13.8 Å². The molecule has 0 aliphatic heterocycles. The van der Waals surface area contributed by atoms with E-state index in [-0.39, 0.29) is 13.2 Å². The number of ether oxygens (including phenoxy) is 1. The zero-order valence-corrected chi connectivity index (χ0v) is 28.2. The van der Waals surface area contributed by atoms with Gasteiger partial charge in [-0.3, -0.25) is 0 Å². The lowest BCUT2D eigenvalue weighted by Crippen LogP contribution is -2.03. The first-order valence-corrected chi connectivity index (χ1v) is 16.3. The molecule has 0 bridgehead atoms. The van der Waals surface area contributed by atoms with Crippen LogP contribution >= 0.6 is 23.2 Å². The average molecular weight is 686 g/mol. The number of nitrogens with zero attached hydrogens (tertiary/aromatic N) is 5. The fraction of sp³-hybridized carbons (Fsp3) is 0.103. The van der Waals surface area contributed by atoms with Crippen molar-refractivity contribution in [3.63, 3.8) is 0 Å². The summed E-state index contributed by atoms with van der Waals surface area (Å²) in [6.45, 7) is 4.31. The number of benzene rings is 4. The maximum absolute atomic E-state index is 9.62. The average Bonchev–Trinajstić information content (AvgIpc) is 3.61. The summed E-state index contributed by atoms with van der Waals surface area (Å²) in [7, 11) is 0. The quantitative estimate of drug-likeness (QED) is 0.179. The number of halogens is 2. The second-order valence-corrected chi connectivity index (χ2v) is 12.3. The zero-order valence-electron chi connectivity index (χ0n) is 26.7. The lowest BCUT2D eigenvalue weighted by atomic mass is 10.0. The maximum Gasteiger partial charge on any atom is 0.243 e. The van der Waals surface area contributed by atoms with Crippen molar-refractivity contribution >= 4 is 56.2 Å². The third-order valence-electron chi connectivity index (χ3n) is 8.23. The number of aryl methyl sites for hydroxylation is 2. The summed E-state index contributed by atoms with van der Waals surface area (Å²) < 4.78 is 6.04. The topological polar surface area (TPSA) is 110 Å². The van der Waals surface area contributed by atoms with E-state index in [1.54, 1.807) is 6.33 Å². The van der Waals surface area contributed by atoms with Crippen molar-refractivity contribution in [1.29, 1.82) is 0 Å². The lowest BCUT2D eigenvalue weighted by molar-refractivity contribution is 0.282. The Labute approximate surface area is 292 Å². The third-order valence-corrected chi connectivity index (χ3v) is 8.89. The summed E-state index contributed by atoms with van der Waals surface area (Å²) in [4.78, 5) is 25.2. The molecule has 0 spiro atoms. The Morgan fingerprint density at radius 3 is 1.84 bits per heavy atom. The molecule has 49 heavy (non-hydrogen) atoms. The number of rotatable bonds is 6. The number of para-hydroxylation sites is 2. The molecule has 0 radical (unpaired) electrons. The molecule has 4 aromatic heterocycles. The summed E-state index contributed by atoms with van der Waals surface area (Å²) in [6.07, 6.45) is 3.01. The van der Waals surface area contributed by atoms with E-state index < -0.39 is 0 Å². The molecule has 8 aromatic rings. The number of aromatic amines is 1. The van der Waals surface area contributed by atoms with E-state index in [0.717, 1.165) is 66.6 Å². The van der Waals surface area contributed by atoms with Crippen molar-refractivity contribution in [3.8, 4) is 28.4 Å². The van der Waals surface area contributed by atoms with Crippen LogP contribution in [0.3, 0.4) is 0 Å². The van der Waals surface area contributed by atoms with Crippen LogP contribution in [0.2, 0.25) is 10.0 Å². The Morgan fingerprint density at radius 2 is 1.24 bits per heavy atom. The molecule has 0 saturated heterocycles. The minimum Gasteiger partial charge on any atom is -0.471 e. The fourth-order valence-corrected chi connectivity index (χ4v) is 6.23. The van der Waals surface area contributed by atoms with Gasteiger partial charge < -0.3 is 14.8 Å². The second kappa shape index (κ2) is 14.0. The number of aliphatic hydroxyl groups excluding tert-OH is 1. The standard InChI is InChI=1S/C22H16ClN5O.C17H14ClNO/c1-13-5-4-6-14-9-15(10-29-22-20-21(25-11-24-20)26-12-27-22)19(28-18(13)14)16-7-2-3-8-17(16)23;1-11-5-4-6-12-9-13(10-20)17(19-16(11)12)14-7-2-3-8-15(14)18/h2-9,11-12H,10H2,1H3,(H,24,25,26,27);2-9,20H,10H2,1H3.